The maximum Gasteiger partial charge on any atom is 0.262 e. The number of amides is 1. The lowest BCUT2D eigenvalue weighted by atomic mass is 9.94. The zero-order valence-corrected chi connectivity index (χ0v) is 17.1. The standard InChI is InChI=1S/C19H27F2N3O.2ClH/c1-14(15-7-3-2-4-8-15)24-18(9-5-6-10-18)12-23-17(25)16-11-19(20,21)13-22-16;;/h2-4,7-8,14,16,22,24H,5-6,9-13H2,1H3,(H,23,25);2*1H. The minimum Gasteiger partial charge on any atom is -0.353 e. The van der Waals surface area contributed by atoms with Crippen LogP contribution in [-0.2, 0) is 4.79 Å². The molecule has 8 heteroatoms. The van der Waals surface area contributed by atoms with Crippen molar-refractivity contribution >= 4 is 30.7 Å². The first kappa shape index (κ1) is 24.1. The molecule has 1 saturated heterocycles. The molecule has 0 radical (unpaired) electrons. The minimum atomic E-state index is -2.78. The fourth-order valence-electron chi connectivity index (χ4n) is 3.99. The van der Waals surface area contributed by atoms with E-state index in [0.29, 0.717) is 6.54 Å². The Morgan fingerprint density at radius 2 is 1.85 bits per heavy atom. The maximum absolute atomic E-state index is 13.3. The third-order valence-electron chi connectivity index (χ3n) is 5.41. The molecule has 0 aromatic heterocycles. The molecule has 2 fully saturated rings. The Balaban J connectivity index is 0.00000182. The van der Waals surface area contributed by atoms with Gasteiger partial charge in [-0.1, -0.05) is 43.2 Å². The molecule has 0 spiro atoms. The van der Waals surface area contributed by atoms with Gasteiger partial charge in [0.15, 0.2) is 0 Å². The van der Waals surface area contributed by atoms with Crippen LogP contribution in [0.4, 0.5) is 8.78 Å². The lowest BCUT2D eigenvalue weighted by Gasteiger charge is -2.34. The topological polar surface area (TPSA) is 53.2 Å². The number of carbonyl (C=O) groups is 1. The Labute approximate surface area is 172 Å². The summed E-state index contributed by atoms with van der Waals surface area (Å²) in [5, 5.41) is 9.21. The van der Waals surface area contributed by atoms with Gasteiger partial charge in [0.25, 0.3) is 5.92 Å². The first-order chi connectivity index (χ1) is 11.9. The Kier molecular flexibility index (Phi) is 8.93. The summed E-state index contributed by atoms with van der Waals surface area (Å²) in [7, 11) is 0. The first-order valence-corrected chi connectivity index (χ1v) is 9.11. The maximum atomic E-state index is 13.3. The number of nitrogens with one attached hydrogen (secondary N) is 3. The Hall–Kier alpha value is -0.950. The normalized spacial score (nSPS) is 23.7. The Bertz CT molecular complexity index is 598. The average molecular weight is 424 g/mol. The van der Waals surface area contributed by atoms with Gasteiger partial charge >= 0.3 is 0 Å². The molecule has 2 unspecified atom stereocenters. The van der Waals surface area contributed by atoms with Gasteiger partial charge in [-0.25, -0.2) is 8.78 Å². The van der Waals surface area contributed by atoms with Gasteiger partial charge in [0.05, 0.1) is 12.6 Å². The molecule has 1 aromatic rings. The molecule has 154 valence electrons. The van der Waals surface area contributed by atoms with Crippen molar-refractivity contribution in [1.29, 1.82) is 0 Å². The van der Waals surface area contributed by atoms with E-state index in [0.717, 1.165) is 25.7 Å². The summed E-state index contributed by atoms with van der Waals surface area (Å²) in [5.41, 5.74) is 1.05. The van der Waals surface area contributed by atoms with E-state index < -0.39 is 24.9 Å². The van der Waals surface area contributed by atoms with E-state index in [1.807, 2.05) is 18.2 Å². The summed E-state index contributed by atoms with van der Waals surface area (Å²) in [6, 6.07) is 9.58. The van der Waals surface area contributed by atoms with Gasteiger partial charge < -0.3 is 10.6 Å². The minimum absolute atomic E-state index is 0. The van der Waals surface area contributed by atoms with Crippen LogP contribution in [0.2, 0.25) is 0 Å². The molecule has 1 aliphatic carbocycles. The Morgan fingerprint density at radius 1 is 1.22 bits per heavy atom. The fraction of sp³-hybridized carbons (Fsp3) is 0.632. The van der Waals surface area contributed by atoms with E-state index in [1.54, 1.807) is 0 Å². The predicted octanol–water partition coefficient (Wildman–Crippen LogP) is 3.61. The molecule has 27 heavy (non-hydrogen) atoms. The van der Waals surface area contributed by atoms with Gasteiger partial charge in [0.2, 0.25) is 5.91 Å². The summed E-state index contributed by atoms with van der Waals surface area (Å²) in [6.45, 7) is 2.18. The van der Waals surface area contributed by atoms with E-state index in [4.69, 9.17) is 0 Å². The molecule has 2 atom stereocenters. The van der Waals surface area contributed by atoms with Crippen LogP contribution in [0.15, 0.2) is 30.3 Å². The number of hydrogen-bond acceptors (Lipinski definition) is 3. The molecule has 4 nitrogen and oxygen atoms in total. The number of benzene rings is 1. The van der Waals surface area contributed by atoms with Gasteiger partial charge in [-0.05, 0) is 25.3 Å². The molecular formula is C19H29Cl2F2N3O. The highest BCUT2D eigenvalue weighted by Crippen LogP contribution is 2.32. The second-order valence-electron chi connectivity index (χ2n) is 7.48. The average Bonchev–Trinajstić information content (AvgIpc) is 3.20. The zero-order chi connectivity index (χ0) is 17.9. The van der Waals surface area contributed by atoms with E-state index >= 15 is 0 Å². The lowest BCUT2D eigenvalue weighted by Crippen LogP contribution is -2.54. The highest BCUT2D eigenvalue weighted by Gasteiger charge is 2.43. The molecule has 1 aromatic carbocycles. The van der Waals surface area contributed by atoms with Gasteiger partial charge in [0, 0.05) is 24.5 Å². The van der Waals surface area contributed by atoms with E-state index in [9.17, 15) is 13.6 Å². The van der Waals surface area contributed by atoms with Crippen LogP contribution in [0.25, 0.3) is 0 Å². The monoisotopic (exact) mass is 423 g/mol. The van der Waals surface area contributed by atoms with Crippen molar-refractivity contribution in [3.8, 4) is 0 Å². The van der Waals surface area contributed by atoms with Crippen LogP contribution in [0.5, 0.6) is 0 Å². The summed E-state index contributed by atoms with van der Waals surface area (Å²) >= 11 is 0. The molecule has 1 heterocycles. The highest BCUT2D eigenvalue weighted by molar-refractivity contribution is 5.85. The van der Waals surface area contributed by atoms with E-state index in [1.165, 1.54) is 5.56 Å². The molecule has 1 amide bonds. The molecule has 0 bridgehead atoms. The van der Waals surface area contributed by atoms with Crippen LogP contribution >= 0.6 is 24.8 Å². The number of rotatable bonds is 6. The molecular weight excluding hydrogens is 395 g/mol. The van der Waals surface area contributed by atoms with Crippen molar-refractivity contribution in [1.82, 2.24) is 16.0 Å². The SMILES string of the molecule is CC(NC1(CNC(=O)C2CC(F)(F)CN2)CCCC1)c1ccccc1.Cl.Cl. The van der Waals surface area contributed by atoms with Crippen molar-refractivity contribution in [2.75, 3.05) is 13.1 Å². The van der Waals surface area contributed by atoms with Crippen LogP contribution in [0.3, 0.4) is 0 Å². The van der Waals surface area contributed by atoms with Crippen LogP contribution in [0, 0.1) is 0 Å². The smallest absolute Gasteiger partial charge is 0.262 e. The van der Waals surface area contributed by atoms with Crippen molar-refractivity contribution in [2.45, 2.75) is 62.6 Å². The molecule has 3 N–H and O–H groups in total. The molecule has 2 aliphatic rings. The number of carbonyl (C=O) groups excluding carboxylic acids is 1. The molecule has 1 saturated carbocycles. The number of alkyl halides is 2. The molecule has 1 aliphatic heterocycles. The predicted molar refractivity (Wildman–Crippen MR) is 108 cm³/mol. The van der Waals surface area contributed by atoms with Crippen LogP contribution in [0.1, 0.15) is 50.6 Å². The van der Waals surface area contributed by atoms with Crippen molar-refractivity contribution in [2.24, 2.45) is 0 Å². The highest BCUT2D eigenvalue weighted by atomic mass is 35.5. The zero-order valence-electron chi connectivity index (χ0n) is 15.5. The summed E-state index contributed by atoms with van der Waals surface area (Å²) in [4.78, 5) is 12.3. The van der Waals surface area contributed by atoms with Crippen LogP contribution in [-0.4, -0.2) is 36.5 Å². The number of hydrogen-bond donors (Lipinski definition) is 3. The van der Waals surface area contributed by atoms with Gasteiger partial charge in [-0.15, -0.1) is 24.8 Å². The lowest BCUT2D eigenvalue weighted by molar-refractivity contribution is -0.123. The number of halogens is 4. The summed E-state index contributed by atoms with van der Waals surface area (Å²) < 4.78 is 26.6. The van der Waals surface area contributed by atoms with E-state index in [-0.39, 0.29) is 42.3 Å². The first-order valence-electron chi connectivity index (χ1n) is 9.11. The van der Waals surface area contributed by atoms with Crippen molar-refractivity contribution in [3.63, 3.8) is 0 Å². The van der Waals surface area contributed by atoms with E-state index in [2.05, 4.69) is 35.0 Å². The van der Waals surface area contributed by atoms with Gasteiger partial charge in [0.1, 0.15) is 0 Å². The quantitative estimate of drug-likeness (QED) is 0.654. The third kappa shape index (κ3) is 6.28. The van der Waals surface area contributed by atoms with Gasteiger partial charge in [-0.2, -0.15) is 0 Å². The van der Waals surface area contributed by atoms with Crippen molar-refractivity contribution in [3.05, 3.63) is 35.9 Å². The fourth-order valence-corrected chi connectivity index (χ4v) is 3.99. The second-order valence-corrected chi connectivity index (χ2v) is 7.48. The largest absolute Gasteiger partial charge is 0.353 e. The summed E-state index contributed by atoms with van der Waals surface area (Å²) in [6.07, 6.45) is 3.78. The second kappa shape index (κ2) is 10.0. The van der Waals surface area contributed by atoms with Gasteiger partial charge in [-0.3, -0.25) is 10.1 Å². The molecule has 3 rings (SSSR count). The third-order valence-corrected chi connectivity index (χ3v) is 5.41. The summed E-state index contributed by atoms with van der Waals surface area (Å²) in [5.74, 6) is -3.11. The van der Waals surface area contributed by atoms with Crippen LogP contribution < -0.4 is 16.0 Å². The Morgan fingerprint density at radius 3 is 2.41 bits per heavy atom. The van der Waals surface area contributed by atoms with Crippen molar-refractivity contribution < 1.29 is 13.6 Å².